The number of benzene rings is 3. The minimum atomic E-state index is -1.48. The van der Waals surface area contributed by atoms with Crippen molar-refractivity contribution >= 4 is 40.8 Å². The summed E-state index contributed by atoms with van der Waals surface area (Å²) < 4.78 is 50.3. The molecule has 2 aromatic carbocycles. The first kappa shape index (κ1) is 37.3. The maximum absolute atomic E-state index is 12.4. The fraction of sp³-hybridized carbons (Fsp3) is 0.351. The van der Waals surface area contributed by atoms with Gasteiger partial charge in [-0.25, -0.2) is 4.79 Å². The number of fused-ring (bicyclic) bond motifs is 2. The van der Waals surface area contributed by atoms with E-state index in [0.717, 1.165) is 37.5 Å². The van der Waals surface area contributed by atoms with Gasteiger partial charge in [0.25, 0.3) is 0 Å². The minimum absolute atomic E-state index is 0.143. The van der Waals surface area contributed by atoms with Gasteiger partial charge in [-0.15, -0.1) is 0 Å². The smallest absolute Gasteiger partial charge is 0.343 e. The zero-order valence-electron chi connectivity index (χ0n) is 29.1. The Morgan fingerprint density at radius 3 is 2.04 bits per heavy atom. The summed E-state index contributed by atoms with van der Waals surface area (Å²) in [4.78, 5) is 72.3. The Labute approximate surface area is 296 Å². The van der Waals surface area contributed by atoms with Crippen LogP contribution in [-0.4, -0.2) is 80.9 Å². The standard InChI is InChI=1S/C37H36O15/c1-18-13-24(46-17-32(43)44-6)8-11-26(18)33-27-10-7-23(42)14-29(27)51-30-15-25(9-12-28(30)33)50-37-36(49-22(5)41)35(48-21(4)40)34(47-20(3)39)31(52-37)16-45-19(2)38/h7-15,31,34-37H,16-17H2,1-6H3/t31?,34-,35+,36?,37+/m0/s1. The van der Waals surface area contributed by atoms with Gasteiger partial charge in [0.05, 0.1) is 7.11 Å². The topological polar surface area (TPSA) is 189 Å². The molecule has 1 fully saturated rings. The molecule has 15 heteroatoms. The van der Waals surface area contributed by atoms with Crippen LogP contribution in [0.2, 0.25) is 0 Å². The Hall–Kier alpha value is -5.96. The van der Waals surface area contributed by atoms with E-state index in [2.05, 4.69) is 4.74 Å². The Morgan fingerprint density at radius 2 is 1.38 bits per heavy atom. The number of aryl methyl sites for hydroxylation is 1. The molecule has 0 bridgehead atoms. The summed E-state index contributed by atoms with van der Waals surface area (Å²) in [6.07, 6.45) is -6.93. The number of carbonyl (C=O) groups is 5. The minimum Gasteiger partial charge on any atom is -0.482 e. The summed E-state index contributed by atoms with van der Waals surface area (Å²) in [5.41, 5.74) is 2.96. The van der Waals surface area contributed by atoms with Gasteiger partial charge in [0.1, 0.15) is 35.6 Å². The third-order valence-corrected chi connectivity index (χ3v) is 7.92. The quantitative estimate of drug-likeness (QED) is 0.123. The molecule has 2 heterocycles. The summed E-state index contributed by atoms with van der Waals surface area (Å²) in [6, 6.07) is 14.6. The van der Waals surface area contributed by atoms with Crippen molar-refractivity contribution in [2.45, 2.75) is 65.3 Å². The van der Waals surface area contributed by atoms with Gasteiger partial charge < -0.3 is 42.3 Å². The van der Waals surface area contributed by atoms with Gasteiger partial charge in [-0.1, -0.05) is 6.07 Å². The lowest BCUT2D eigenvalue weighted by Crippen LogP contribution is -2.63. The molecule has 0 saturated carbocycles. The Bertz CT molecular complexity index is 2030. The number of esters is 5. The second-order valence-corrected chi connectivity index (χ2v) is 11.8. The van der Waals surface area contributed by atoms with E-state index >= 15 is 0 Å². The molecule has 0 amide bonds. The molecule has 5 atom stereocenters. The fourth-order valence-corrected chi connectivity index (χ4v) is 5.84. The van der Waals surface area contributed by atoms with E-state index in [-0.39, 0.29) is 23.5 Å². The number of carbonyl (C=O) groups excluding carboxylic acids is 5. The van der Waals surface area contributed by atoms with Gasteiger partial charge in [0.15, 0.2) is 24.2 Å². The third-order valence-electron chi connectivity index (χ3n) is 7.92. The number of rotatable bonds is 11. The molecule has 2 aromatic rings. The van der Waals surface area contributed by atoms with E-state index < -0.39 is 67.2 Å². The molecule has 15 nitrogen and oxygen atoms in total. The zero-order valence-corrected chi connectivity index (χ0v) is 29.1. The lowest BCUT2D eigenvalue weighted by molar-refractivity contribution is -0.288. The van der Waals surface area contributed by atoms with Crippen LogP contribution >= 0.6 is 0 Å². The van der Waals surface area contributed by atoms with Crippen LogP contribution < -0.4 is 14.9 Å². The normalized spacial score (nSPS) is 19.7. The molecular weight excluding hydrogens is 684 g/mol. The van der Waals surface area contributed by atoms with Gasteiger partial charge in [-0.05, 0) is 54.4 Å². The molecular formula is C37H36O15. The molecule has 52 heavy (non-hydrogen) atoms. The van der Waals surface area contributed by atoms with E-state index in [1.807, 2.05) is 13.0 Å². The molecule has 3 aliphatic rings. The van der Waals surface area contributed by atoms with Crippen molar-refractivity contribution in [1.82, 2.24) is 0 Å². The number of hydrogen-bond donors (Lipinski definition) is 0. The van der Waals surface area contributed by atoms with E-state index in [1.54, 1.807) is 30.3 Å². The van der Waals surface area contributed by atoms with Gasteiger partial charge in [-0.2, -0.15) is 0 Å². The molecule has 274 valence electrons. The van der Waals surface area contributed by atoms with Crippen molar-refractivity contribution in [3.8, 4) is 33.9 Å². The summed E-state index contributed by atoms with van der Waals surface area (Å²) >= 11 is 0. The van der Waals surface area contributed by atoms with E-state index in [1.165, 1.54) is 32.2 Å². The Kier molecular flexibility index (Phi) is 11.4. The maximum atomic E-state index is 12.4. The van der Waals surface area contributed by atoms with Crippen LogP contribution in [0.4, 0.5) is 0 Å². The van der Waals surface area contributed by atoms with Crippen molar-refractivity contribution in [1.29, 1.82) is 0 Å². The molecule has 0 aromatic heterocycles. The van der Waals surface area contributed by atoms with Crippen molar-refractivity contribution in [2.75, 3.05) is 20.3 Å². The lowest BCUT2D eigenvalue weighted by atomic mass is 9.91. The fourth-order valence-electron chi connectivity index (χ4n) is 5.84. The predicted octanol–water partition coefficient (Wildman–Crippen LogP) is 3.89. The maximum Gasteiger partial charge on any atom is 0.343 e. The molecule has 0 spiro atoms. The van der Waals surface area contributed by atoms with Gasteiger partial charge in [0, 0.05) is 56.3 Å². The SMILES string of the molecule is COC(=O)COc1ccc(-c2c3ccc(=O)cc-3oc3cc(O[C@@H]4OC(COC(C)=O)[C@H](OC(C)=O)[C@@H](OC(C)=O)C4OC(C)=O)ccc23)c(C)c1. The second kappa shape index (κ2) is 15.9. The van der Waals surface area contributed by atoms with Gasteiger partial charge >= 0.3 is 29.8 Å². The van der Waals surface area contributed by atoms with Gasteiger partial charge in [-0.3, -0.25) is 24.0 Å². The summed E-state index contributed by atoms with van der Waals surface area (Å²) in [6.45, 7) is 5.71. The van der Waals surface area contributed by atoms with E-state index in [4.69, 9.17) is 37.6 Å². The van der Waals surface area contributed by atoms with Gasteiger partial charge in [0.2, 0.25) is 12.4 Å². The first-order chi connectivity index (χ1) is 24.7. The molecule has 0 N–H and O–H groups in total. The van der Waals surface area contributed by atoms with E-state index in [0.29, 0.717) is 22.3 Å². The molecule has 2 unspecified atom stereocenters. The highest BCUT2D eigenvalue weighted by molar-refractivity contribution is 6.02. The lowest BCUT2D eigenvalue weighted by Gasteiger charge is -2.43. The van der Waals surface area contributed by atoms with E-state index in [9.17, 15) is 28.8 Å². The van der Waals surface area contributed by atoms with Crippen LogP contribution in [0.5, 0.6) is 11.5 Å². The van der Waals surface area contributed by atoms with Crippen LogP contribution in [0.15, 0.2) is 63.8 Å². The molecule has 0 radical (unpaired) electrons. The monoisotopic (exact) mass is 720 g/mol. The highest BCUT2D eigenvalue weighted by Gasteiger charge is 2.53. The summed E-state index contributed by atoms with van der Waals surface area (Å²) in [5, 5.41) is 0.631. The van der Waals surface area contributed by atoms with Crippen molar-refractivity contribution in [3.63, 3.8) is 0 Å². The zero-order chi connectivity index (χ0) is 37.7. The number of hydrogen-bond acceptors (Lipinski definition) is 15. The van der Waals surface area contributed by atoms with Crippen LogP contribution in [0, 0.1) is 6.92 Å². The summed E-state index contributed by atoms with van der Waals surface area (Å²) in [7, 11) is 1.27. The number of methoxy groups -OCH3 is 1. The highest BCUT2D eigenvalue weighted by atomic mass is 16.7. The highest BCUT2D eigenvalue weighted by Crippen LogP contribution is 2.43. The average molecular weight is 721 g/mol. The van der Waals surface area contributed by atoms with Crippen molar-refractivity contribution in [3.05, 3.63) is 70.4 Å². The van der Waals surface area contributed by atoms with Crippen LogP contribution in [0.1, 0.15) is 33.3 Å². The molecule has 5 rings (SSSR count). The predicted molar refractivity (Wildman–Crippen MR) is 179 cm³/mol. The number of ether oxygens (including phenoxy) is 8. The Balaban J connectivity index is 1.58. The third kappa shape index (κ3) is 8.66. The first-order valence-electron chi connectivity index (χ1n) is 16.0. The van der Waals surface area contributed by atoms with Crippen LogP contribution in [0.3, 0.4) is 0 Å². The van der Waals surface area contributed by atoms with Crippen molar-refractivity contribution < 1.29 is 66.3 Å². The summed E-state index contributed by atoms with van der Waals surface area (Å²) in [5.74, 6) is -2.65. The van der Waals surface area contributed by atoms with Crippen molar-refractivity contribution in [2.24, 2.45) is 0 Å². The average Bonchev–Trinajstić information content (AvgIpc) is 3.07. The first-order valence-corrected chi connectivity index (χ1v) is 16.0. The largest absolute Gasteiger partial charge is 0.482 e. The molecule has 1 aliphatic carbocycles. The van der Waals surface area contributed by atoms with Crippen LogP contribution in [0.25, 0.3) is 33.4 Å². The second-order valence-electron chi connectivity index (χ2n) is 11.8. The van der Waals surface area contributed by atoms with Crippen LogP contribution in [-0.2, 0) is 52.4 Å². The molecule has 1 saturated heterocycles. The molecule has 2 aliphatic heterocycles. The Morgan fingerprint density at radius 1 is 0.731 bits per heavy atom.